The fourth-order valence-electron chi connectivity index (χ4n) is 3.17. The van der Waals surface area contributed by atoms with Crippen LogP contribution in [0.25, 0.3) is 0 Å². The van der Waals surface area contributed by atoms with Crippen molar-refractivity contribution >= 4 is 11.7 Å². The summed E-state index contributed by atoms with van der Waals surface area (Å²) in [5.41, 5.74) is 1.64. The van der Waals surface area contributed by atoms with Crippen LogP contribution in [0.3, 0.4) is 0 Å². The number of carbonyl (C=O) groups excluding carboxylic acids is 1. The Kier molecular flexibility index (Phi) is 6.76. The zero-order valence-electron chi connectivity index (χ0n) is 16.6. The van der Waals surface area contributed by atoms with Gasteiger partial charge in [0, 0.05) is 31.6 Å². The first-order valence-electron chi connectivity index (χ1n) is 9.57. The lowest BCUT2D eigenvalue weighted by atomic mass is 9.93. The Hall–Kier alpha value is -3.01. The molecule has 3 rings (SSSR count). The Morgan fingerprint density at radius 2 is 1.86 bits per heavy atom. The molecule has 0 saturated carbocycles. The molecule has 0 aliphatic carbocycles. The summed E-state index contributed by atoms with van der Waals surface area (Å²) in [7, 11) is 1.64. The van der Waals surface area contributed by atoms with Crippen LogP contribution in [0.4, 0.5) is 10.5 Å². The van der Waals surface area contributed by atoms with Gasteiger partial charge in [0.15, 0.2) is 0 Å². The van der Waals surface area contributed by atoms with Crippen LogP contribution in [0.15, 0.2) is 48.5 Å². The molecule has 1 heterocycles. The van der Waals surface area contributed by atoms with Crippen molar-refractivity contribution in [1.82, 2.24) is 4.90 Å². The molecule has 1 aliphatic heterocycles. The predicted octanol–water partition coefficient (Wildman–Crippen LogP) is 3.40. The molecule has 6 heteroatoms. The molecule has 29 heavy (non-hydrogen) atoms. The van der Waals surface area contributed by atoms with E-state index in [4.69, 9.17) is 15.9 Å². The van der Waals surface area contributed by atoms with Crippen LogP contribution in [0.5, 0.6) is 5.75 Å². The summed E-state index contributed by atoms with van der Waals surface area (Å²) in [6, 6.07) is 15.1. The van der Waals surface area contributed by atoms with Crippen molar-refractivity contribution in [2.75, 3.05) is 25.5 Å². The van der Waals surface area contributed by atoms with Crippen molar-refractivity contribution in [2.45, 2.75) is 31.7 Å². The minimum atomic E-state index is -1.10. The summed E-state index contributed by atoms with van der Waals surface area (Å²) in [5, 5.41) is 13.0. The molecule has 0 aromatic heterocycles. The van der Waals surface area contributed by atoms with Gasteiger partial charge in [0.1, 0.15) is 11.4 Å². The molecule has 152 valence electrons. The molecule has 6 nitrogen and oxygen atoms in total. The van der Waals surface area contributed by atoms with Crippen molar-refractivity contribution in [3.8, 4) is 18.1 Å². The van der Waals surface area contributed by atoms with Gasteiger partial charge in [0.25, 0.3) is 0 Å². The van der Waals surface area contributed by atoms with Crippen molar-refractivity contribution in [3.05, 3.63) is 59.7 Å². The van der Waals surface area contributed by atoms with Gasteiger partial charge in [-0.3, -0.25) is 0 Å². The number of urea groups is 1. The standard InChI is InChI=1S/C23H26N2O4/c1-3-23(27)11-13-25(14-12-23)22(26)24-20-6-4-5-19(15-20)17-29-16-18-7-9-21(28-2)10-8-18/h1,4-10,15,27H,11-14,16-17H2,2H3,(H,24,26). The van der Waals surface area contributed by atoms with Crippen LogP contribution in [-0.4, -0.2) is 41.8 Å². The Balaban J connectivity index is 1.49. The summed E-state index contributed by atoms with van der Waals surface area (Å²) < 4.78 is 10.9. The Morgan fingerprint density at radius 3 is 2.52 bits per heavy atom. The number of piperidine rings is 1. The van der Waals surface area contributed by atoms with Crippen molar-refractivity contribution < 1.29 is 19.4 Å². The van der Waals surface area contributed by atoms with Crippen LogP contribution in [-0.2, 0) is 18.0 Å². The number of likely N-dealkylation sites (tertiary alicyclic amines) is 1. The molecule has 0 atom stereocenters. The summed E-state index contributed by atoms with van der Waals surface area (Å²) in [5.74, 6) is 3.23. The van der Waals surface area contributed by atoms with Crippen LogP contribution in [0.1, 0.15) is 24.0 Å². The number of carbonyl (C=O) groups is 1. The molecule has 0 unspecified atom stereocenters. The fraction of sp³-hybridized carbons (Fsp3) is 0.348. The third-order valence-corrected chi connectivity index (χ3v) is 5.02. The number of nitrogens with zero attached hydrogens (tertiary/aromatic N) is 1. The number of terminal acetylenes is 1. The smallest absolute Gasteiger partial charge is 0.321 e. The maximum atomic E-state index is 12.5. The lowest BCUT2D eigenvalue weighted by Gasteiger charge is -2.34. The zero-order chi connectivity index (χ0) is 20.7. The van der Waals surface area contributed by atoms with E-state index < -0.39 is 5.60 Å². The highest BCUT2D eigenvalue weighted by atomic mass is 16.5. The van der Waals surface area contributed by atoms with E-state index in [-0.39, 0.29) is 6.03 Å². The lowest BCUT2D eigenvalue weighted by molar-refractivity contribution is 0.0398. The highest BCUT2D eigenvalue weighted by Crippen LogP contribution is 2.22. The van der Waals surface area contributed by atoms with Crippen molar-refractivity contribution in [1.29, 1.82) is 0 Å². The Labute approximate surface area is 171 Å². The molecular weight excluding hydrogens is 368 g/mol. The van der Waals surface area contributed by atoms with E-state index in [2.05, 4.69) is 11.2 Å². The number of benzene rings is 2. The Morgan fingerprint density at radius 1 is 1.17 bits per heavy atom. The van der Waals surface area contributed by atoms with Crippen LogP contribution < -0.4 is 10.1 Å². The molecule has 0 spiro atoms. The summed E-state index contributed by atoms with van der Waals surface area (Å²) in [6.07, 6.45) is 6.12. The second kappa shape index (κ2) is 9.46. The third kappa shape index (κ3) is 5.74. The number of ether oxygens (including phenoxy) is 2. The first-order chi connectivity index (χ1) is 14.0. The van der Waals surface area contributed by atoms with E-state index in [1.807, 2.05) is 48.5 Å². The highest BCUT2D eigenvalue weighted by molar-refractivity contribution is 5.89. The van der Waals surface area contributed by atoms with Crippen molar-refractivity contribution in [2.24, 2.45) is 0 Å². The third-order valence-electron chi connectivity index (χ3n) is 5.02. The maximum absolute atomic E-state index is 12.5. The molecule has 2 aromatic carbocycles. The van der Waals surface area contributed by atoms with E-state index in [0.29, 0.717) is 44.8 Å². The van der Waals surface area contributed by atoms with E-state index in [9.17, 15) is 9.90 Å². The summed E-state index contributed by atoms with van der Waals surface area (Å²) in [4.78, 5) is 14.1. The van der Waals surface area contributed by atoms with Gasteiger partial charge in [0.05, 0.1) is 20.3 Å². The predicted molar refractivity (Wildman–Crippen MR) is 112 cm³/mol. The monoisotopic (exact) mass is 394 g/mol. The van der Waals surface area contributed by atoms with Gasteiger partial charge in [-0.25, -0.2) is 4.79 Å². The van der Waals surface area contributed by atoms with Gasteiger partial charge in [-0.05, 0) is 35.4 Å². The minimum Gasteiger partial charge on any atom is -0.497 e. The average Bonchev–Trinajstić information content (AvgIpc) is 2.75. The number of hydrogen-bond acceptors (Lipinski definition) is 4. The van der Waals surface area contributed by atoms with E-state index >= 15 is 0 Å². The number of methoxy groups -OCH3 is 1. The van der Waals surface area contributed by atoms with Gasteiger partial charge in [-0.1, -0.05) is 30.2 Å². The Bertz CT molecular complexity index is 865. The van der Waals surface area contributed by atoms with Gasteiger partial charge >= 0.3 is 6.03 Å². The van der Waals surface area contributed by atoms with Crippen LogP contribution >= 0.6 is 0 Å². The normalized spacial score (nSPS) is 15.4. The topological polar surface area (TPSA) is 71.0 Å². The van der Waals surface area contributed by atoms with Gasteiger partial charge in [-0.15, -0.1) is 6.42 Å². The number of aliphatic hydroxyl groups is 1. The fourth-order valence-corrected chi connectivity index (χ4v) is 3.17. The summed E-state index contributed by atoms with van der Waals surface area (Å²) in [6.45, 7) is 1.79. The molecule has 1 saturated heterocycles. The van der Waals surface area contributed by atoms with E-state index in [1.165, 1.54) is 0 Å². The molecule has 2 aromatic rings. The van der Waals surface area contributed by atoms with Crippen LogP contribution in [0, 0.1) is 12.3 Å². The van der Waals surface area contributed by atoms with E-state index in [0.717, 1.165) is 16.9 Å². The highest BCUT2D eigenvalue weighted by Gasteiger charge is 2.32. The lowest BCUT2D eigenvalue weighted by Crippen LogP contribution is -2.47. The minimum absolute atomic E-state index is 0.194. The number of anilines is 1. The number of hydrogen-bond donors (Lipinski definition) is 2. The molecule has 0 radical (unpaired) electrons. The molecule has 0 bridgehead atoms. The molecule has 1 aliphatic rings. The van der Waals surface area contributed by atoms with Crippen molar-refractivity contribution in [3.63, 3.8) is 0 Å². The number of amides is 2. The van der Waals surface area contributed by atoms with Gasteiger partial charge in [0.2, 0.25) is 0 Å². The van der Waals surface area contributed by atoms with Gasteiger partial charge in [-0.2, -0.15) is 0 Å². The zero-order valence-corrected chi connectivity index (χ0v) is 16.6. The quantitative estimate of drug-likeness (QED) is 0.737. The second-order valence-corrected chi connectivity index (χ2v) is 7.13. The van der Waals surface area contributed by atoms with Gasteiger partial charge < -0.3 is 24.8 Å². The number of nitrogens with one attached hydrogen (secondary N) is 1. The molecule has 2 amide bonds. The number of rotatable bonds is 6. The second-order valence-electron chi connectivity index (χ2n) is 7.13. The van der Waals surface area contributed by atoms with E-state index in [1.54, 1.807) is 12.0 Å². The SMILES string of the molecule is C#CC1(O)CCN(C(=O)Nc2cccc(COCc3ccc(OC)cc3)c2)CC1. The maximum Gasteiger partial charge on any atom is 0.321 e. The molecule has 1 fully saturated rings. The summed E-state index contributed by atoms with van der Waals surface area (Å²) >= 11 is 0. The first kappa shape index (κ1) is 20.7. The average molecular weight is 394 g/mol. The first-order valence-corrected chi connectivity index (χ1v) is 9.57. The molecular formula is C23H26N2O4. The largest absolute Gasteiger partial charge is 0.497 e. The molecule has 2 N–H and O–H groups in total. The van der Waals surface area contributed by atoms with Crippen LogP contribution in [0.2, 0.25) is 0 Å².